The van der Waals surface area contributed by atoms with Gasteiger partial charge in [0.25, 0.3) is 5.24 Å². The van der Waals surface area contributed by atoms with Crippen molar-refractivity contribution in [2.45, 2.75) is 12.5 Å². The maximum Gasteiger partial charge on any atom is 0.307 e. The lowest BCUT2D eigenvalue weighted by Gasteiger charge is -2.19. The van der Waals surface area contributed by atoms with Crippen molar-refractivity contribution in [3.05, 3.63) is 0 Å². The van der Waals surface area contributed by atoms with Crippen LogP contribution in [0.3, 0.4) is 0 Å². The Kier molecular flexibility index (Phi) is 4.60. The molecule has 1 heterocycles. The molecule has 1 atom stereocenters. The Bertz CT molecular complexity index is 308. The summed E-state index contributed by atoms with van der Waals surface area (Å²) in [7, 11) is 2.90. The highest BCUT2D eigenvalue weighted by molar-refractivity contribution is 8.14. The monoisotopic (exact) mass is 246 g/mol. The van der Waals surface area contributed by atoms with Crippen LogP contribution >= 0.6 is 11.8 Å². The molecule has 0 saturated carbocycles. The number of rotatable bonds is 4. The van der Waals surface area contributed by atoms with Gasteiger partial charge in [0.05, 0.1) is 13.5 Å². The van der Waals surface area contributed by atoms with Gasteiger partial charge in [0.15, 0.2) is 0 Å². The molecule has 1 saturated heterocycles. The summed E-state index contributed by atoms with van der Waals surface area (Å²) in [5.41, 5.74) is 0. The summed E-state index contributed by atoms with van der Waals surface area (Å²) in [4.78, 5) is 34.9. The predicted octanol–water partition coefficient (Wildman–Crippen LogP) is -0.167. The molecule has 0 aromatic heterocycles. The average Bonchev–Trinajstić information content (AvgIpc) is 2.71. The van der Waals surface area contributed by atoms with E-state index in [1.165, 1.54) is 12.0 Å². The van der Waals surface area contributed by atoms with Crippen molar-refractivity contribution < 1.29 is 19.1 Å². The van der Waals surface area contributed by atoms with E-state index in [2.05, 4.69) is 10.1 Å². The van der Waals surface area contributed by atoms with E-state index in [-0.39, 0.29) is 23.5 Å². The molecule has 7 heteroatoms. The molecule has 1 aliphatic heterocycles. The summed E-state index contributed by atoms with van der Waals surface area (Å²) in [5.74, 6) is -0.0908. The van der Waals surface area contributed by atoms with Crippen LogP contribution < -0.4 is 5.32 Å². The van der Waals surface area contributed by atoms with Crippen LogP contribution in [0.1, 0.15) is 6.42 Å². The molecule has 0 aromatic rings. The lowest BCUT2D eigenvalue weighted by atomic mass is 10.3. The molecule has 1 aliphatic rings. The van der Waals surface area contributed by atoms with E-state index in [0.717, 1.165) is 11.8 Å². The Labute approximate surface area is 97.7 Å². The maximum absolute atomic E-state index is 11.7. The van der Waals surface area contributed by atoms with Crippen LogP contribution in [0.25, 0.3) is 0 Å². The van der Waals surface area contributed by atoms with E-state index in [1.54, 1.807) is 7.05 Å². The highest BCUT2D eigenvalue weighted by Gasteiger charge is 2.30. The number of nitrogens with zero attached hydrogens (tertiary/aromatic N) is 1. The van der Waals surface area contributed by atoms with Crippen molar-refractivity contribution in [2.24, 2.45) is 0 Å². The lowest BCUT2D eigenvalue weighted by Crippen LogP contribution is -2.44. The van der Waals surface area contributed by atoms with Gasteiger partial charge in [0.2, 0.25) is 5.91 Å². The van der Waals surface area contributed by atoms with Gasteiger partial charge in [-0.25, -0.2) is 0 Å². The first-order valence-corrected chi connectivity index (χ1v) is 5.78. The summed E-state index contributed by atoms with van der Waals surface area (Å²) in [6, 6.07) is -0.472. The Morgan fingerprint density at radius 1 is 1.62 bits per heavy atom. The molecule has 1 fully saturated rings. The molecule has 1 N–H and O–H groups in total. The van der Waals surface area contributed by atoms with E-state index >= 15 is 0 Å². The van der Waals surface area contributed by atoms with Gasteiger partial charge in [-0.3, -0.25) is 14.4 Å². The van der Waals surface area contributed by atoms with Gasteiger partial charge < -0.3 is 15.0 Å². The van der Waals surface area contributed by atoms with Crippen LogP contribution in [0, 0.1) is 0 Å². The van der Waals surface area contributed by atoms with Crippen molar-refractivity contribution in [1.29, 1.82) is 0 Å². The Morgan fingerprint density at radius 2 is 2.31 bits per heavy atom. The summed E-state index contributed by atoms with van der Waals surface area (Å²) in [6.45, 7) is 0.294. The third kappa shape index (κ3) is 3.41. The van der Waals surface area contributed by atoms with E-state index in [4.69, 9.17) is 0 Å². The van der Waals surface area contributed by atoms with E-state index < -0.39 is 6.04 Å². The van der Waals surface area contributed by atoms with Crippen molar-refractivity contribution in [3.8, 4) is 0 Å². The summed E-state index contributed by atoms with van der Waals surface area (Å²) in [6.07, 6.45) is 0.159. The number of ether oxygens (including phenoxy) is 1. The maximum atomic E-state index is 11.7. The van der Waals surface area contributed by atoms with Crippen LogP contribution in [0.5, 0.6) is 0 Å². The first-order valence-electron chi connectivity index (χ1n) is 4.79. The molecule has 90 valence electrons. The molecule has 0 aliphatic carbocycles. The zero-order chi connectivity index (χ0) is 12.1. The van der Waals surface area contributed by atoms with E-state index in [0.29, 0.717) is 12.3 Å². The number of amides is 2. The SMILES string of the molecule is COC(=O)CCN(C)C(=O)C1CSC(=O)N1. The van der Waals surface area contributed by atoms with Crippen LogP contribution in [0.4, 0.5) is 4.79 Å². The topological polar surface area (TPSA) is 75.7 Å². The van der Waals surface area contributed by atoms with Gasteiger partial charge in [-0.2, -0.15) is 0 Å². The molecule has 16 heavy (non-hydrogen) atoms. The fourth-order valence-corrected chi connectivity index (χ4v) is 2.02. The number of carbonyl (C=O) groups excluding carboxylic acids is 3. The number of likely N-dealkylation sites (N-methyl/N-ethyl adjacent to an activating group) is 1. The van der Waals surface area contributed by atoms with Gasteiger partial charge >= 0.3 is 5.97 Å². The largest absolute Gasteiger partial charge is 0.469 e. The van der Waals surface area contributed by atoms with Gasteiger partial charge in [0.1, 0.15) is 6.04 Å². The number of methoxy groups -OCH3 is 1. The van der Waals surface area contributed by atoms with Gasteiger partial charge in [-0.15, -0.1) is 0 Å². The number of carbonyl (C=O) groups is 3. The normalized spacial score (nSPS) is 19.1. The zero-order valence-electron chi connectivity index (χ0n) is 9.19. The molecule has 0 spiro atoms. The summed E-state index contributed by atoms with van der Waals surface area (Å²) >= 11 is 1.09. The first kappa shape index (κ1) is 12.8. The minimum Gasteiger partial charge on any atom is -0.469 e. The molecular formula is C9H14N2O4S. The Morgan fingerprint density at radius 3 is 2.81 bits per heavy atom. The minimum absolute atomic E-state index is 0.159. The number of hydrogen-bond donors (Lipinski definition) is 1. The molecule has 2 amide bonds. The summed E-state index contributed by atoms with van der Waals surface area (Å²) < 4.78 is 4.47. The molecular weight excluding hydrogens is 232 g/mol. The van der Waals surface area contributed by atoms with Gasteiger partial charge in [-0.1, -0.05) is 11.8 Å². The third-order valence-electron chi connectivity index (χ3n) is 2.23. The van der Waals surface area contributed by atoms with Crippen LogP contribution in [-0.4, -0.2) is 54.5 Å². The fourth-order valence-electron chi connectivity index (χ4n) is 1.25. The zero-order valence-corrected chi connectivity index (χ0v) is 10.0. The quantitative estimate of drug-likeness (QED) is 0.697. The van der Waals surface area contributed by atoms with Crippen LogP contribution in [-0.2, 0) is 14.3 Å². The Hall–Kier alpha value is -1.24. The van der Waals surface area contributed by atoms with E-state index in [1.807, 2.05) is 0 Å². The third-order valence-corrected chi connectivity index (χ3v) is 3.11. The smallest absolute Gasteiger partial charge is 0.307 e. The van der Waals surface area contributed by atoms with Crippen LogP contribution in [0.2, 0.25) is 0 Å². The second-order valence-electron chi connectivity index (χ2n) is 3.38. The Balaban J connectivity index is 2.36. The number of nitrogens with one attached hydrogen (secondary N) is 1. The number of hydrogen-bond acceptors (Lipinski definition) is 5. The van der Waals surface area contributed by atoms with Gasteiger partial charge in [-0.05, 0) is 0 Å². The molecule has 6 nitrogen and oxygen atoms in total. The highest BCUT2D eigenvalue weighted by atomic mass is 32.2. The molecule has 0 bridgehead atoms. The van der Waals surface area contributed by atoms with Crippen molar-refractivity contribution >= 4 is 28.9 Å². The molecule has 1 unspecified atom stereocenters. The second kappa shape index (κ2) is 5.74. The minimum atomic E-state index is -0.472. The standard InChI is InChI=1S/C9H14N2O4S/c1-11(4-3-7(12)15-2)8(13)6-5-16-9(14)10-6/h6H,3-5H2,1-2H3,(H,10,14). The lowest BCUT2D eigenvalue weighted by molar-refractivity contribution is -0.141. The van der Waals surface area contributed by atoms with Crippen molar-refractivity contribution in [1.82, 2.24) is 10.2 Å². The second-order valence-corrected chi connectivity index (χ2v) is 4.37. The average molecular weight is 246 g/mol. The van der Waals surface area contributed by atoms with Crippen LogP contribution in [0.15, 0.2) is 0 Å². The van der Waals surface area contributed by atoms with Crippen molar-refractivity contribution in [3.63, 3.8) is 0 Å². The number of esters is 1. The van der Waals surface area contributed by atoms with Crippen molar-refractivity contribution in [2.75, 3.05) is 26.5 Å². The molecule has 1 rings (SSSR count). The van der Waals surface area contributed by atoms with E-state index in [9.17, 15) is 14.4 Å². The highest BCUT2D eigenvalue weighted by Crippen LogP contribution is 2.14. The molecule has 0 radical (unpaired) electrons. The molecule has 0 aromatic carbocycles. The summed E-state index contributed by atoms with van der Waals surface area (Å²) in [5, 5.41) is 2.37. The fraction of sp³-hybridized carbons (Fsp3) is 0.667. The first-order chi connectivity index (χ1) is 7.54. The predicted molar refractivity (Wildman–Crippen MR) is 59.0 cm³/mol. The number of thioether (sulfide) groups is 1. The van der Waals surface area contributed by atoms with Gasteiger partial charge in [0, 0.05) is 19.3 Å².